The van der Waals surface area contributed by atoms with Crippen LogP contribution in [-0.4, -0.2) is 55.6 Å². The Morgan fingerprint density at radius 1 is 1.13 bits per heavy atom. The van der Waals surface area contributed by atoms with Gasteiger partial charge < -0.3 is 25.1 Å². The summed E-state index contributed by atoms with van der Waals surface area (Å²) in [6.45, 7) is -0.605. The molecule has 0 amide bonds. The summed E-state index contributed by atoms with van der Waals surface area (Å²) < 4.78 is 11.1. The first kappa shape index (κ1) is 19.4. The Kier molecular flexibility index (Phi) is 7.01. The van der Waals surface area contributed by atoms with Crippen LogP contribution in [0.15, 0.2) is 24.3 Å². The second-order valence-electron chi connectivity index (χ2n) is 4.93. The monoisotopic (exact) mass is 347 g/mol. The number of benzene rings is 1. The summed E-state index contributed by atoms with van der Waals surface area (Å²) in [6, 6.07) is 4.44. The van der Waals surface area contributed by atoms with Gasteiger partial charge in [0.15, 0.2) is 12.1 Å². The molecule has 0 bridgehead atoms. The lowest BCUT2D eigenvalue weighted by molar-refractivity contribution is -0.136. The molecule has 10 heteroatoms. The van der Waals surface area contributed by atoms with Crippen LogP contribution >= 0.6 is 7.60 Å². The Morgan fingerprint density at radius 3 is 2.13 bits per heavy atom. The molecule has 0 aliphatic rings. The molecule has 6 N–H and O–H groups in total. The van der Waals surface area contributed by atoms with E-state index in [1.807, 2.05) is 0 Å². The van der Waals surface area contributed by atoms with Gasteiger partial charge in [0, 0.05) is 12.0 Å². The molecule has 128 valence electrons. The number of aliphatic hydroxyl groups is 2. The van der Waals surface area contributed by atoms with E-state index in [1.54, 1.807) is 0 Å². The Bertz CT molecular complexity index is 594. The predicted octanol–water partition coefficient (Wildman–Crippen LogP) is -0.998. The summed E-state index contributed by atoms with van der Waals surface area (Å²) in [4.78, 5) is 40.6. The quantitative estimate of drug-likeness (QED) is 0.243. The second kappa shape index (κ2) is 8.30. The third-order valence-corrected chi connectivity index (χ3v) is 3.81. The number of carboxylic acids is 1. The molecular formula is C13H18NO8P. The second-order valence-corrected chi connectivity index (χ2v) is 6.63. The van der Waals surface area contributed by atoms with Crippen molar-refractivity contribution in [2.75, 3.05) is 12.7 Å². The first-order valence-electron chi connectivity index (χ1n) is 6.56. The van der Waals surface area contributed by atoms with E-state index in [4.69, 9.17) is 25.1 Å². The highest BCUT2D eigenvalue weighted by Gasteiger charge is 2.27. The van der Waals surface area contributed by atoms with E-state index in [1.165, 1.54) is 24.3 Å². The third-order valence-electron chi connectivity index (χ3n) is 2.96. The maximum atomic E-state index is 12.1. The zero-order valence-corrected chi connectivity index (χ0v) is 12.9. The molecule has 1 aromatic rings. The van der Waals surface area contributed by atoms with Crippen molar-refractivity contribution in [1.82, 2.24) is 5.32 Å². The molecule has 0 fully saturated rings. The molecule has 0 spiro atoms. The fourth-order valence-electron chi connectivity index (χ4n) is 1.86. The molecule has 1 rings (SSSR count). The standard InChI is InChI=1S/C13H18NO8P/c15-11(5-8-1-3-9(4-2-8)13(18)19)10(7-23(20,21)22)14-6-12(16)17/h1-4,10,13-14,18-19H,5-7H2,(H,16,17)(H2,20,21,22). The van der Waals surface area contributed by atoms with Crippen molar-refractivity contribution in [2.24, 2.45) is 0 Å². The highest BCUT2D eigenvalue weighted by Crippen LogP contribution is 2.35. The number of Topliss-reactive ketones (excluding diaryl/α,β-unsaturated/α-hetero) is 1. The topological polar surface area (TPSA) is 164 Å². The first-order chi connectivity index (χ1) is 10.6. The van der Waals surface area contributed by atoms with Crippen LogP contribution in [0.1, 0.15) is 17.4 Å². The molecule has 9 nitrogen and oxygen atoms in total. The zero-order valence-electron chi connectivity index (χ0n) is 12.0. The number of aliphatic hydroxyl groups excluding tert-OH is 1. The van der Waals surface area contributed by atoms with Crippen LogP contribution in [0.4, 0.5) is 0 Å². The molecule has 1 unspecified atom stereocenters. The van der Waals surface area contributed by atoms with Gasteiger partial charge in [0.25, 0.3) is 0 Å². The van der Waals surface area contributed by atoms with E-state index >= 15 is 0 Å². The maximum absolute atomic E-state index is 12.1. The molecule has 0 saturated carbocycles. The van der Waals surface area contributed by atoms with Crippen molar-refractivity contribution in [3.05, 3.63) is 35.4 Å². The van der Waals surface area contributed by atoms with Crippen molar-refractivity contribution in [3.63, 3.8) is 0 Å². The molecule has 23 heavy (non-hydrogen) atoms. The van der Waals surface area contributed by atoms with Crippen molar-refractivity contribution in [2.45, 2.75) is 18.8 Å². The minimum atomic E-state index is -4.50. The maximum Gasteiger partial charge on any atom is 0.327 e. The molecule has 0 heterocycles. The lowest BCUT2D eigenvalue weighted by Crippen LogP contribution is -2.43. The fourth-order valence-corrected chi connectivity index (χ4v) is 2.67. The van der Waals surface area contributed by atoms with Gasteiger partial charge in [-0.05, 0) is 5.56 Å². The number of hydrogen-bond acceptors (Lipinski definition) is 6. The number of carboxylic acid groups (broad SMARTS) is 1. The van der Waals surface area contributed by atoms with Gasteiger partial charge in [0.2, 0.25) is 0 Å². The van der Waals surface area contributed by atoms with Gasteiger partial charge in [-0.2, -0.15) is 0 Å². The number of nitrogens with one attached hydrogen (secondary N) is 1. The molecule has 0 saturated heterocycles. The number of rotatable bonds is 9. The van der Waals surface area contributed by atoms with Crippen LogP contribution < -0.4 is 5.32 Å². The van der Waals surface area contributed by atoms with Crippen LogP contribution in [0.2, 0.25) is 0 Å². The van der Waals surface area contributed by atoms with Crippen LogP contribution in [0, 0.1) is 0 Å². The Labute approximate surface area is 131 Å². The third kappa shape index (κ3) is 7.47. The number of carbonyl (C=O) groups is 2. The van der Waals surface area contributed by atoms with E-state index in [0.717, 1.165) is 0 Å². The van der Waals surface area contributed by atoms with Gasteiger partial charge in [-0.15, -0.1) is 0 Å². The lowest BCUT2D eigenvalue weighted by atomic mass is 10.0. The minimum Gasteiger partial charge on any atom is -0.480 e. The molecule has 1 aromatic carbocycles. The zero-order chi connectivity index (χ0) is 17.6. The van der Waals surface area contributed by atoms with E-state index in [0.29, 0.717) is 5.56 Å². The normalized spacial score (nSPS) is 13.1. The van der Waals surface area contributed by atoms with Crippen LogP contribution in [0.25, 0.3) is 0 Å². The number of carbonyl (C=O) groups excluding carboxylic acids is 1. The molecule has 0 aromatic heterocycles. The van der Waals surface area contributed by atoms with Crippen LogP contribution in [0.5, 0.6) is 0 Å². The van der Waals surface area contributed by atoms with E-state index in [9.17, 15) is 14.2 Å². The van der Waals surface area contributed by atoms with Gasteiger partial charge >= 0.3 is 13.6 Å². The van der Waals surface area contributed by atoms with Gasteiger partial charge in [0.05, 0.1) is 18.7 Å². The highest BCUT2D eigenvalue weighted by molar-refractivity contribution is 7.51. The highest BCUT2D eigenvalue weighted by atomic mass is 31.2. The minimum absolute atomic E-state index is 0.181. The van der Waals surface area contributed by atoms with Crippen molar-refractivity contribution >= 4 is 19.3 Å². The van der Waals surface area contributed by atoms with E-state index in [2.05, 4.69) is 5.32 Å². The average Bonchev–Trinajstić information content (AvgIpc) is 2.42. The molecular weight excluding hydrogens is 329 g/mol. The number of ketones is 1. The summed E-state index contributed by atoms with van der Waals surface area (Å²) in [5.74, 6) is -1.83. The first-order valence-corrected chi connectivity index (χ1v) is 8.35. The fraction of sp³-hybridized carbons (Fsp3) is 0.385. The SMILES string of the molecule is O=C(O)CNC(CP(=O)(O)O)C(=O)Cc1ccc(C(O)O)cc1. The van der Waals surface area contributed by atoms with Crippen molar-refractivity contribution in [3.8, 4) is 0 Å². The molecule has 0 aliphatic carbocycles. The molecule has 0 radical (unpaired) electrons. The van der Waals surface area contributed by atoms with Crippen molar-refractivity contribution in [1.29, 1.82) is 0 Å². The van der Waals surface area contributed by atoms with Crippen molar-refractivity contribution < 1.29 is 39.3 Å². The summed E-state index contributed by atoms with van der Waals surface area (Å²) in [7, 11) is -4.50. The van der Waals surface area contributed by atoms with Crippen LogP contribution in [-0.2, 0) is 20.6 Å². The molecule has 1 atom stereocenters. The summed E-state index contributed by atoms with van der Waals surface area (Å²) >= 11 is 0. The van der Waals surface area contributed by atoms with E-state index < -0.39 is 44.4 Å². The number of hydrogen-bond donors (Lipinski definition) is 6. The summed E-state index contributed by atoms with van der Waals surface area (Å²) in [6.07, 6.45) is -2.62. The van der Waals surface area contributed by atoms with Gasteiger partial charge in [-0.3, -0.25) is 19.5 Å². The summed E-state index contributed by atoms with van der Waals surface area (Å²) in [5, 5.41) is 28.8. The van der Waals surface area contributed by atoms with Gasteiger partial charge in [-0.1, -0.05) is 24.3 Å². The average molecular weight is 347 g/mol. The number of aliphatic carboxylic acids is 1. The Hall–Kier alpha value is -1.61. The predicted molar refractivity (Wildman–Crippen MR) is 78.7 cm³/mol. The largest absolute Gasteiger partial charge is 0.480 e. The smallest absolute Gasteiger partial charge is 0.327 e. The lowest BCUT2D eigenvalue weighted by Gasteiger charge is -2.17. The van der Waals surface area contributed by atoms with Gasteiger partial charge in [0.1, 0.15) is 0 Å². The van der Waals surface area contributed by atoms with Crippen LogP contribution in [0.3, 0.4) is 0 Å². The van der Waals surface area contributed by atoms with Gasteiger partial charge in [-0.25, -0.2) is 0 Å². The Balaban J connectivity index is 2.78. The van der Waals surface area contributed by atoms with E-state index in [-0.39, 0.29) is 12.0 Å². The molecule has 0 aliphatic heterocycles. The summed E-state index contributed by atoms with van der Waals surface area (Å²) in [5.41, 5.74) is 0.726. The Morgan fingerprint density at radius 2 is 1.70 bits per heavy atom.